The number of carbonyl (C=O) groups is 2. The third-order valence-corrected chi connectivity index (χ3v) is 13.2. The van der Waals surface area contributed by atoms with Crippen LogP contribution in [0.1, 0.15) is 44.7 Å². The molecule has 2 aromatic rings. The largest absolute Gasteiger partial charge is 0.497 e. The number of likely N-dealkylation sites (tertiary alicyclic amines) is 1. The Bertz CT molecular complexity index is 1330. The molecule has 4 rings (SSSR count). The molecule has 1 fully saturated rings. The highest BCUT2D eigenvalue weighted by molar-refractivity contribution is 6.74. The van der Waals surface area contributed by atoms with Crippen molar-refractivity contribution in [3.8, 4) is 11.5 Å². The molecule has 0 radical (unpaired) electrons. The van der Waals surface area contributed by atoms with Gasteiger partial charge in [0.2, 0.25) is 5.91 Å². The highest BCUT2D eigenvalue weighted by Gasteiger charge is 2.49. The maximum absolute atomic E-state index is 15.3. The van der Waals surface area contributed by atoms with Crippen molar-refractivity contribution >= 4 is 26.0 Å². The molecule has 2 heterocycles. The van der Waals surface area contributed by atoms with Crippen LogP contribution in [0, 0.1) is 11.6 Å². The van der Waals surface area contributed by atoms with E-state index < -0.39 is 37.8 Å². The fourth-order valence-corrected chi connectivity index (χ4v) is 6.38. The Kier molecular flexibility index (Phi) is 8.92. The first-order chi connectivity index (χ1) is 19.6. The van der Waals surface area contributed by atoms with Crippen LogP contribution in [-0.2, 0) is 22.2 Å². The zero-order valence-corrected chi connectivity index (χ0v) is 26.0. The third kappa shape index (κ3) is 6.40. The van der Waals surface area contributed by atoms with Crippen LogP contribution in [0.4, 0.5) is 19.3 Å². The van der Waals surface area contributed by atoms with Crippen LogP contribution in [0.2, 0.25) is 18.1 Å². The third-order valence-electron chi connectivity index (χ3n) is 8.71. The van der Waals surface area contributed by atoms with Gasteiger partial charge >= 0.3 is 6.09 Å². The number of ether oxygens (including phenoxy) is 2. The Morgan fingerprint density at radius 1 is 1.17 bits per heavy atom. The number of carbonyl (C=O) groups excluding carboxylic acids is 1. The Balaban J connectivity index is 1.63. The van der Waals surface area contributed by atoms with E-state index in [9.17, 15) is 24.2 Å². The number of anilines is 1. The van der Waals surface area contributed by atoms with Gasteiger partial charge < -0.3 is 33.9 Å². The Labute approximate surface area is 246 Å². The maximum atomic E-state index is 15.3. The summed E-state index contributed by atoms with van der Waals surface area (Å²) in [7, 11) is -0.916. The summed E-state index contributed by atoms with van der Waals surface area (Å²) in [6.45, 7) is 9.84. The molecule has 2 amide bonds. The number of amides is 2. The van der Waals surface area contributed by atoms with Crippen molar-refractivity contribution in [3.05, 3.63) is 53.1 Å². The highest BCUT2D eigenvalue weighted by Crippen LogP contribution is 2.42. The second kappa shape index (κ2) is 11.8. The van der Waals surface area contributed by atoms with Crippen molar-refractivity contribution in [3.63, 3.8) is 0 Å². The zero-order valence-electron chi connectivity index (χ0n) is 25.0. The molecule has 2 aromatic carbocycles. The van der Waals surface area contributed by atoms with Gasteiger partial charge in [-0.2, -0.15) is 0 Å². The average molecular weight is 607 g/mol. The van der Waals surface area contributed by atoms with Crippen molar-refractivity contribution in [2.75, 3.05) is 31.7 Å². The van der Waals surface area contributed by atoms with Gasteiger partial charge in [0.25, 0.3) is 0 Å². The number of hydrogen-bond acceptors (Lipinski definition) is 6. The molecular formula is C30H40F2N2O7Si. The van der Waals surface area contributed by atoms with E-state index in [4.69, 9.17) is 13.9 Å². The van der Waals surface area contributed by atoms with E-state index in [0.29, 0.717) is 16.9 Å². The maximum Gasteiger partial charge on any atom is 0.407 e. The van der Waals surface area contributed by atoms with Crippen LogP contribution < -0.4 is 14.4 Å². The lowest BCUT2D eigenvalue weighted by Gasteiger charge is -2.48. The minimum atomic E-state index is -2.45. The summed E-state index contributed by atoms with van der Waals surface area (Å²) in [5.74, 6) is -2.03. The monoisotopic (exact) mass is 606 g/mol. The summed E-state index contributed by atoms with van der Waals surface area (Å²) in [6.07, 6.45) is -1.77. The molecule has 0 saturated carbocycles. The van der Waals surface area contributed by atoms with Crippen LogP contribution >= 0.6 is 0 Å². The molecule has 0 aromatic heterocycles. The van der Waals surface area contributed by atoms with E-state index in [2.05, 4.69) is 0 Å². The molecule has 0 bridgehead atoms. The molecule has 2 atom stereocenters. The Morgan fingerprint density at radius 2 is 1.83 bits per heavy atom. The van der Waals surface area contributed by atoms with Gasteiger partial charge in [0.1, 0.15) is 23.7 Å². The number of halogens is 2. The van der Waals surface area contributed by atoms with Crippen LogP contribution in [0.5, 0.6) is 11.5 Å². The molecular weight excluding hydrogens is 566 g/mol. The molecule has 9 nitrogen and oxygen atoms in total. The van der Waals surface area contributed by atoms with Gasteiger partial charge in [0.05, 0.1) is 32.0 Å². The molecule has 2 aliphatic rings. The number of methoxy groups -OCH3 is 1. The van der Waals surface area contributed by atoms with Crippen molar-refractivity contribution in [1.29, 1.82) is 0 Å². The van der Waals surface area contributed by atoms with Gasteiger partial charge in [-0.3, -0.25) is 4.79 Å². The molecule has 0 aliphatic carbocycles. The zero-order chi connectivity index (χ0) is 31.0. The topological polar surface area (TPSA) is 109 Å². The van der Waals surface area contributed by atoms with Gasteiger partial charge in [-0.1, -0.05) is 32.9 Å². The quantitative estimate of drug-likeness (QED) is 0.391. The number of hydrogen-bond donors (Lipinski definition) is 2. The molecule has 12 heteroatoms. The fourth-order valence-electron chi connectivity index (χ4n) is 5.02. The molecule has 230 valence electrons. The van der Waals surface area contributed by atoms with E-state index in [1.54, 1.807) is 24.3 Å². The SMILES string of the molecule is COc1ccc(CN2C(=O)CCc3c(OC[C@]4(O)CCN(C(=O)O)C[C@H]4O[Si](C)(C)C(C)(C)C)cc(F)c(F)c32)cc1. The summed E-state index contributed by atoms with van der Waals surface area (Å²) in [5, 5.41) is 21.2. The van der Waals surface area contributed by atoms with Crippen molar-refractivity contribution in [2.24, 2.45) is 0 Å². The first-order valence-electron chi connectivity index (χ1n) is 14.0. The van der Waals surface area contributed by atoms with E-state index in [1.165, 1.54) is 16.9 Å². The number of fused-ring (bicyclic) bond motifs is 1. The summed E-state index contributed by atoms with van der Waals surface area (Å²) in [5.41, 5.74) is -0.741. The molecule has 2 N–H and O–H groups in total. The predicted octanol–water partition coefficient (Wildman–Crippen LogP) is 5.34. The minimum absolute atomic E-state index is 0.0209. The summed E-state index contributed by atoms with van der Waals surface area (Å²) in [6, 6.07) is 7.88. The number of benzene rings is 2. The van der Waals surface area contributed by atoms with Gasteiger partial charge in [-0.05, 0) is 48.7 Å². The number of nitrogens with zero attached hydrogens (tertiary/aromatic N) is 2. The van der Waals surface area contributed by atoms with Crippen LogP contribution in [0.15, 0.2) is 30.3 Å². The van der Waals surface area contributed by atoms with Crippen LogP contribution in [0.25, 0.3) is 0 Å². The van der Waals surface area contributed by atoms with Crippen LogP contribution in [0.3, 0.4) is 0 Å². The van der Waals surface area contributed by atoms with Crippen molar-refractivity contribution < 1.29 is 42.5 Å². The lowest BCUT2D eigenvalue weighted by atomic mass is 9.89. The fraction of sp³-hybridized carbons (Fsp3) is 0.533. The molecule has 0 unspecified atom stereocenters. The van der Waals surface area contributed by atoms with Crippen molar-refractivity contribution in [1.82, 2.24) is 4.90 Å². The van der Waals surface area contributed by atoms with Gasteiger partial charge in [-0.15, -0.1) is 0 Å². The van der Waals surface area contributed by atoms with E-state index >= 15 is 4.39 Å². The Hall–Kier alpha value is -3.22. The smallest absolute Gasteiger partial charge is 0.407 e. The van der Waals surface area contributed by atoms with Gasteiger partial charge in [0, 0.05) is 24.6 Å². The van der Waals surface area contributed by atoms with E-state index in [-0.39, 0.29) is 67.9 Å². The number of carboxylic acid groups (broad SMARTS) is 1. The highest BCUT2D eigenvalue weighted by atomic mass is 28.4. The standard InChI is InChI=1S/C30H40F2N2O7Si/c1-29(2,3)42(5,6)41-24-17-33(28(36)37)14-13-30(24,38)18-40-23-15-22(31)26(32)27-21(23)11-12-25(35)34(27)16-19-7-9-20(39-4)10-8-19/h7-10,15,24,38H,11-14,16-18H2,1-6H3,(H,36,37)/t24-,30-/m1/s1. The molecule has 2 aliphatic heterocycles. The lowest BCUT2D eigenvalue weighted by molar-refractivity contribution is -0.126. The first-order valence-corrected chi connectivity index (χ1v) is 16.9. The van der Waals surface area contributed by atoms with Gasteiger partial charge in [0.15, 0.2) is 20.0 Å². The number of piperidine rings is 1. The number of aliphatic hydroxyl groups is 1. The summed E-state index contributed by atoms with van der Waals surface area (Å²) >= 11 is 0. The average Bonchev–Trinajstić information content (AvgIpc) is 2.92. The predicted molar refractivity (Wildman–Crippen MR) is 156 cm³/mol. The summed E-state index contributed by atoms with van der Waals surface area (Å²) in [4.78, 5) is 27.1. The van der Waals surface area contributed by atoms with E-state index in [1.807, 2.05) is 33.9 Å². The lowest BCUT2D eigenvalue weighted by Crippen LogP contribution is -2.63. The van der Waals surface area contributed by atoms with E-state index in [0.717, 1.165) is 6.07 Å². The second-order valence-corrected chi connectivity index (χ2v) is 17.3. The second-order valence-electron chi connectivity index (χ2n) is 12.6. The molecule has 42 heavy (non-hydrogen) atoms. The Morgan fingerprint density at radius 3 is 2.43 bits per heavy atom. The van der Waals surface area contributed by atoms with Gasteiger partial charge in [-0.25, -0.2) is 13.6 Å². The minimum Gasteiger partial charge on any atom is -0.497 e. The first kappa shape index (κ1) is 31.7. The normalized spacial score (nSPS) is 21.3. The van der Waals surface area contributed by atoms with Crippen molar-refractivity contribution in [2.45, 2.75) is 76.4 Å². The summed E-state index contributed by atoms with van der Waals surface area (Å²) < 4.78 is 48.0. The number of rotatable bonds is 8. The molecule has 0 spiro atoms. The molecule has 1 saturated heterocycles. The van der Waals surface area contributed by atoms with Crippen LogP contribution in [-0.4, -0.2) is 73.9 Å².